The van der Waals surface area contributed by atoms with Gasteiger partial charge in [-0.3, -0.25) is 4.18 Å². The van der Waals surface area contributed by atoms with Gasteiger partial charge in [0.15, 0.2) is 8.32 Å². The zero-order valence-corrected chi connectivity index (χ0v) is 21.8. The average Bonchev–Trinajstić information content (AvgIpc) is 2.78. The molecule has 0 saturated carbocycles. The summed E-state index contributed by atoms with van der Waals surface area (Å²) >= 11 is 0. The number of unbranched alkanes of at least 4 members (excludes halogenated alkanes) is 3. The molecule has 0 aliphatic rings. The molecule has 0 radical (unpaired) electrons. The van der Waals surface area contributed by atoms with E-state index in [1.807, 2.05) is 30.3 Å². The molecule has 192 valence electrons. The lowest BCUT2D eigenvalue weighted by molar-refractivity contribution is -0.0584. The van der Waals surface area contributed by atoms with Crippen LogP contribution in [0.3, 0.4) is 0 Å². The minimum Gasteiger partial charge on any atom is -0.409 e. The molecule has 0 bridgehead atoms. The highest BCUT2D eigenvalue weighted by Crippen LogP contribution is 2.32. The Labute approximate surface area is 198 Å². The van der Waals surface area contributed by atoms with Gasteiger partial charge in [0, 0.05) is 0 Å². The zero-order chi connectivity index (χ0) is 24.8. The van der Waals surface area contributed by atoms with Crippen LogP contribution in [0.4, 0.5) is 13.2 Å². The van der Waals surface area contributed by atoms with Crippen LogP contribution in [-0.4, -0.2) is 41.6 Å². The second kappa shape index (κ2) is 15.1. The van der Waals surface area contributed by atoms with Crippen molar-refractivity contribution < 1.29 is 34.9 Å². The molecule has 5 nitrogen and oxygen atoms in total. The Bertz CT molecular complexity index is 722. The van der Waals surface area contributed by atoms with Gasteiger partial charge in [-0.05, 0) is 23.7 Å². The molecule has 1 aromatic rings. The van der Waals surface area contributed by atoms with E-state index in [-0.39, 0.29) is 13.2 Å². The molecule has 0 aliphatic carbocycles. The summed E-state index contributed by atoms with van der Waals surface area (Å²) in [6.07, 6.45) is 5.00. The molecule has 0 unspecified atom stereocenters. The lowest BCUT2D eigenvalue weighted by Crippen LogP contribution is -2.45. The normalized spacial score (nSPS) is 13.9. The van der Waals surface area contributed by atoms with Crippen molar-refractivity contribution in [3.63, 3.8) is 0 Å². The Kier molecular flexibility index (Phi) is 13.8. The van der Waals surface area contributed by atoms with Crippen molar-refractivity contribution in [2.24, 2.45) is 0 Å². The molecular formula is C23H39F3O5SSi. The Balaban J connectivity index is 3.02. The summed E-state index contributed by atoms with van der Waals surface area (Å²) in [5.41, 5.74) is -4.56. The Hall–Kier alpha value is -0.943. The standard InChI is InChI=1S/C23H39F3O5SSi/c1-4-7-15-33(16-8-5-2,17-9-6-3)31-22(20-30-32(27,28)23(24,25)26)19-29-18-21-13-11-10-12-14-21/h10-14,22H,4-9,15-20H2,1-3H3/t22-/m0/s1. The predicted octanol–water partition coefficient (Wildman–Crippen LogP) is 6.80. The molecule has 10 heteroatoms. The number of ether oxygens (including phenoxy) is 1. The van der Waals surface area contributed by atoms with Crippen molar-refractivity contribution in [1.82, 2.24) is 0 Å². The fourth-order valence-corrected chi connectivity index (χ4v) is 9.04. The highest BCUT2D eigenvalue weighted by atomic mass is 32.2. The molecule has 1 atom stereocenters. The van der Waals surface area contributed by atoms with E-state index in [0.717, 1.165) is 62.2 Å². The summed E-state index contributed by atoms with van der Waals surface area (Å²) in [5.74, 6) is 0. The van der Waals surface area contributed by atoms with Crippen LogP contribution >= 0.6 is 0 Å². The largest absolute Gasteiger partial charge is 0.523 e. The van der Waals surface area contributed by atoms with Gasteiger partial charge in [0.2, 0.25) is 0 Å². The number of rotatable bonds is 18. The van der Waals surface area contributed by atoms with Crippen molar-refractivity contribution >= 4 is 18.4 Å². The molecule has 0 saturated heterocycles. The number of hydrogen-bond acceptors (Lipinski definition) is 5. The summed E-state index contributed by atoms with van der Waals surface area (Å²) in [5, 5.41) is 0. The summed E-state index contributed by atoms with van der Waals surface area (Å²) in [6, 6.07) is 12.0. The molecule has 0 fully saturated rings. The molecular weight excluding hydrogens is 473 g/mol. The average molecular weight is 513 g/mol. The Morgan fingerprint density at radius 1 is 0.879 bits per heavy atom. The predicted molar refractivity (Wildman–Crippen MR) is 127 cm³/mol. The van der Waals surface area contributed by atoms with E-state index < -0.39 is 36.7 Å². The van der Waals surface area contributed by atoms with Crippen molar-refractivity contribution in [2.45, 2.75) is 95.6 Å². The summed E-state index contributed by atoms with van der Waals surface area (Å²) in [4.78, 5) is 0. The van der Waals surface area contributed by atoms with Gasteiger partial charge in [0.1, 0.15) is 0 Å². The van der Waals surface area contributed by atoms with Crippen LogP contribution in [0.1, 0.15) is 64.9 Å². The lowest BCUT2D eigenvalue weighted by Gasteiger charge is -2.36. The van der Waals surface area contributed by atoms with E-state index in [0.29, 0.717) is 0 Å². The van der Waals surface area contributed by atoms with E-state index >= 15 is 0 Å². The lowest BCUT2D eigenvalue weighted by atomic mass is 10.2. The first-order chi connectivity index (χ1) is 15.6. The number of benzene rings is 1. The molecule has 1 rings (SSSR count). The Morgan fingerprint density at radius 2 is 1.39 bits per heavy atom. The van der Waals surface area contributed by atoms with Gasteiger partial charge in [0.25, 0.3) is 0 Å². The first-order valence-electron chi connectivity index (χ1n) is 11.8. The van der Waals surface area contributed by atoms with E-state index in [9.17, 15) is 21.6 Å². The summed E-state index contributed by atoms with van der Waals surface area (Å²) < 4.78 is 78.1. The van der Waals surface area contributed by atoms with Gasteiger partial charge in [-0.15, -0.1) is 0 Å². The maximum absolute atomic E-state index is 12.8. The van der Waals surface area contributed by atoms with E-state index in [4.69, 9.17) is 9.16 Å². The van der Waals surface area contributed by atoms with Crippen molar-refractivity contribution in [1.29, 1.82) is 0 Å². The smallest absolute Gasteiger partial charge is 0.409 e. The molecule has 0 spiro atoms. The van der Waals surface area contributed by atoms with Gasteiger partial charge >= 0.3 is 15.6 Å². The number of hydrogen-bond donors (Lipinski definition) is 0. The highest BCUT2D eigenvalue weighted by Gasteiger charge is 2.48. The third-order valence-corrected chi connectivity index (χ3v) is 11.1. The monoisotopic (exact) mass is 512 g/mol. The van der Waals surface area contributed by atoms with Gasteiger partial charge in [-0.2, -0.15) is 21.6 Å². The second-order valence-corrected chi connectivity index (χ2v) is 14.1. The van der Waals surface area contributed by atoms with E-state index in [1.165, 1.54) is 0 Å². The van der Waals surface area contributed by atoms with E-state index in [2.05, 4.69) is 25.0 Å². The third kappa shape index (κ3) is 11.4. The van der Waals surface area contributed by atoms with Gasteiger partial charge in [-0.25, -0.2) is 0 Å². The molecule has 0 aliphatic heterocycles. The van der Waals surface area contributed by atoms with Gasteiger partial charge < -0.3 is 9.16 Å². The van der Waals surface area contributed by atoms with Crippen LogP contribution in [0.5, 0.6) is 0 Å². The molecule has 0 aromatic heterocycles. The molecule has 0 amide bonds. The molecule has 0 N–H and O–H groups in total. The first kappa shape index (κ1) is 30.1. The zero-order valence-electron chi connectivity index (χ0n) is 20.0. The van der Waals surface area contributed by atoms with Crippen LogP contribution in [0, 0.1) is 0 Å². The SMILES string of the molecule is CCCC[Si](CCCC)(CCCC)O[C@@H](COCc1ccccc1)COS(=O)(=O)C(F)(F)F. The van der Waals surface area contributed by atoms with Crippen molar-refractivity contribution in [2.75, 3.05) is 13.2 Å². The van der Waals surface area contributed by atoms with Gasteiger partial charge in [0.05, 0.1) is 25.9 Å². The maximum atomic E-state index is 12.8. The van der Waals surface area contributed by atoms with Crippen molar-refractivity contribution in [3.05, 3.63) is 35.9 Å². The van der Waals surface area contributed by atoms with Crippen molar-refractivity contribution in [3.8, 4) is 0 Å². The van der Waals surface area contributed by atoms with Gasteiger partial charge in [-0.1, -0.05) is 89.6 Å². The fourth-order valence-electron chi connectivity index (χ4n) is 3.63. The fraction of sp³-hybridized carbons (Fsp3) is 0.739. The highest BCUT2D eigenvalue weighted by molar-refractivity contribution is 7.87. The van der Waals surface area contributed by atoms with Crippen LogP contribution in [0.25, 0.3) is 0 Å². The third-order valence-electron chi connectivity index (χ3n) is 5.48. The Morgan fingerprint density at radius 3 is 1.85 bits per heavy atom. The minimum absolute atomic E-state index is 0.0403. The number of alkyl halides is 3. The number of halogens is 3. The maximum Gasteiger partial charge on any atom is 0.523 e. The van der Waals surface area contributed by atoms with E-state index in [1.54, 1.807) is 0 Å². The van der Waals surface area contributed by atoms with Crippen LogP contribution < -0.4 is 0 Å². The van der Waals surface area contributed by atoms with Crippen LogP contribution in [-0.2, 0) is 30.1 Å². The minimum atomic E-state index is -5.70. The molecule has 33 heavy (non-hydrogen) atoms. The van der Waals surface area contributed by atoms with Crippen LogP contribution in [0.15, 0.2) is 30.3 Å². The topological polar surface area (TPSA) is 61.8 Å². The second-order valence-electron chi connectivity index (χ2n) is 8.42. The molecule has 1 aromatic carbocycles. The van der Waals surface area contributed by atoms with Crippen LogP contribution in [0.2, 0.25) is 18.1 Å². The molecule has 0 heterocycles. The summed E-state index contributed by atoms with van der Waals surface area (Å²) in [6.45, 7) is 5.78. The first-order valence-corrected chi connectivity index (χ1v) is 15.8. The quantitative estimate of drug-likeness (QED) is 0.123. The summed E-state index contributed by atoms with van der Waals surface area (Å²) in [7, 11) is -8.03.